The van der Waals surface area contributed by atoms with Gasteiger partial charge in [-0.3, -0.25) is 4.79 Å². The van der Waals surface area contributed by atoms with Crippen LogP contribution in [-0.2, 0) is 4.79 Å². The van der Waals surface area contributed by atoms with E-state index in [1.165, 1.54) is 37.4 Å². The van der Waals surface area contributed by atoms with Gasteiger partial charge in [-0.05, 0) is 31.4 Å². The quantitative estimate of drug-likeness (QED) is 0.831. The van der Waals surface area contributed by atoms with Crippen molar-refractivity contribution in [2.75, 3.05) is 12.3 Å². The molecule has 1 fully saturated rings. The van der Waals surface area contributed by atoms with E-state index in [4.69, 9.17) is 0 Å². The number of halogens is 3. The van der Waals surface area contributed by atoms with Crippen LogP contribution in [0.5, 0.6) is 0 Å². The molecule has 0 heterocycles. The number of hydrogen-bond acceptors (Lipinski definition) is 2. The number of alkyl halides is 3. The third-order valence-electron chi connectivity index (χ3n) is 2.89. The summed E-state index contributed by atoms with van der Waals surface area (Å²) in [5, 5.41) is 1.51. The van der Waals surface area contributed by atoms with Crippen LogP contribution in [0.4, 0.5) is 13.2 Å². The van der Waals surface area contributed by atoms with Crippen molar-refractivity contribution < 1.29 is 18.0 Å². The summed E-state index contributed by atoms with van der Waals surface area (Å²) in [4.78, 5) is 11.4. The number of carbonyl (C=O) groups excluding carboxylic acids is 1. The third-order valence-corrected chi connectivity index (χ3v) is 4.27. The van der Waals surface area contributed by atoms with Crippen LogP contribution in [0.1, 0.15) is 32.6 Å². The number of amides is 1. The molecule has 1 N–H and O–H groups in total. The van der Waals surface area contributed by atoms with E-state index in [1.807, 2.05) is 5.32 Å². The maximum Gasteiger partial charge on any atom is 0.405 e. The van der Waals surface area contributed by atoms with Gasteiger partial charge in [0.2, 0.25) is 5.91 Å². The molecule has 0 unspecified atom stereocenters. The molecule has 0 aromatic carbocycles. The highest BCUT2D eigenvalue weighted by Crippen LogP contribution is 2.29. The third kappa shape index (κ3) is 6.19. The zero-order chi connectivity index (χ0) is 12.9. The Balaban J connectivity index is 2.17. The van der Waals surface area contributed by atoms with Gasteiger partial charge in [0.25, 0.3) is 0 Å². The molecule has 17 heavy (non-hydrogen) atoms. The monoisotopic (exact) mass is 269 g/mol. The minimum Gasteiger partial charge on any atom is -0.346 e. The largest absolute Gasteiger partial charge is 0.405 e. The lowest BCUT2D eigenvalue weighted by Gasteiger charge is -2.15. The zero-order valence-electron chi connectivity index (χ0n) is 9.85. The lowest BCUT2D eigenvalue weighted by Crippen LogP contribution is -2.38. The van der Waals surface area contributed by atoms with E-state index in [2.05, 4.69) is 0 Å². The summed E-state index contributed by atoms with van der Waals surface area (Å²) < 4.78 is 35.7. The second-order valence-corrected chi connectivity index (χ2v) is 5.83. The van der Waals surface area contributed by atoms with Crippen LogP contribution in [0.3, 0.4) is 0 Å². The molecule has 0 saturated heterocycles. The number of rotatable bonds is 5. The average Bonchev–Trinajstić information content (AvgIpc) is 2.74. The Bertz CT molecular complexity index is 252. The number of nitrogens with one attached hydrogen (secondary N) is 1. The van der Waals surface area contributed by atoms with Gasteiger partial charge < -0.3 is 5.32 Å². The highest BCUT2D eigenvalue weighted by molar-refractivity contribution is 8.00. The van der Waals surface area contributed by atoms with Gasteiger partial charge in [-0.25, -0.2) is 0 Å². The summed E-state index contributed by atoms with van der Waals surface area (Å²) in [6.45, 7) is 0.422. The fourth-order valence-electron chi connectivity index (χ4n) is 1.86. The van der Waals surface area contributed by atoms with Crippen LogP contribution in [0, 0.1) is 5.92 Å². The molecule has 1 aliphatic rings. The molecule has 100 valence electrons. The second kappa shape index (κ2) is 6.52. The molecule has 1 saturated carbocycles. The Kier molecular flexibility index (Phi) is 5.62. The van der Waals surface area contributed by atoms with Gasteiger partial charge in [0, 0.05) is 0 Å². The van der Waals surface area contributed by atoms with E-state index in [9.17, 15) is 18.0 Å². The molecular formula is C11H18F3NOS. The Hall–Kier alpha value is -0.390. The average molecular weight is 269 g/mol. The Labute approximate surface area is 104 Å². The highest BCUT2D eigenvalue weighted by atomic mass is 32.2. The van der Waals surface area contributed by atoms with E-state index in [0.29, 0.717) is 5.92 Å². The van der Waals surface area contributed by atoms with E-state index in [0.717, 1.165) is 5.75 Å². The lowest BCUT2D eigenvalue weighted by atomic mass is 10.1. The van der Waals surface area contributed by atoms with Crippen LogP contribution < -0.4 is 5.32 Å². The van der Waals surface area contributed by atoms with E-state index >= 15 is 0 Å². The normalized spacial score (nSPS) is 19.3. The topological polar surface area (TPSA) is 29.1 Å². The Morgan fingerprint density at radius 3 is 2.53 bits per heavy atom. The fraction of sp³-hybridized carbons (Fsp3) is 0.909. The highest BCUT2D eigenvalue weighted by Gasteiger charge is 2.29. The van der Waals surface area contributed by atoms with Crippen molar-refractivity contribution in [3.05, 3.63) is 0 Å². The molecule has 1 atom stereocenters. The van der Waals surface area contributed by atoms with Crippen LogP contribution >= 0.6 is 11.8 Å². The molecule has 0 aromatic heterocycles. The molecule has 0 aromatic rings. The lowest BCUT2D eigenvalue weighted by molar-refractivity contribution is -0.137. The fourth-order valence-corrected chi connectivity index (χ4v) is 2.99. The maximum absolute atomic E-state index is 11.9. The first-order valence-corrected chi connectivity index (χ1v) is 6.89. The van der Waals surface area contributed by atoms with Crippen molar-refractivity contribution in [2.24, 2.45) is 5.92 Å². The second-order valence-electron chi connectivity index (χ2n) is 4.46. The van der Waals surface area contributed by atoms with Gasteiger partial charge in [-0.15, -0.1) is 11.8 Å². The van der Waals surface area contributed by atoms with Gasteiger partial charge in [0.15, 0.2) is 0 Å². The predicted molar refractivity (Wildman–Crippen MR) is 62.9 cm³/mol. The molecule has 0 bridgehead atoms. The smallest absolute Gasteiger partial charge is 0.346 e. The molecular weight excluding hydrogens is 251 g/mol. The van der Waals surface area contributed by atoms with E-state index in [-0.39, 0.29) is 0 Å². The van der Waals surface area contributed by atoms with Crippen LogP contribution in [0.2, 0.25) is 0 Å². The Morgan fingerprint density at radius 2 is 2.00 bits per heavy atom. The molecule has 6 heteroatoms. The number of carbonyl (C=O) groups is 1. The van der Waals surface area contributed by atoms with E-state index in [1.54, 1.807) is 6.92 Å². The van der Waals surface area contributed by atoms with Crippen molar-refractivity contribution in [2.45, 2.75) is 44.0 Å². The first kappa shape index (κ1) is 14.7. The van der Waals surface area contributed by atoms with Crippen molar-refractivity contribution >= 4 is 17.7 Å². The first-order chi connectivity index (χ1) is 7.88. The summed E-state index contributed by atoms with van der Waals surface area (Å²) in [6, 6.07) is 0. The molecule has 2 nitrogen and oxygen atoms in total. The molecule has 1 amide bonds. The van der Waals surface area contributed by atoms with Crippen molar-refractivity contribution in [1.82, 2.24) is 5.32 Å². The van der Waals surface area contributed by atoms with Crippen LogP contribution in [0.25, 0.3) is 0 Å². The zero-order valence-corrected chi connectivity index (χ0v) is 10.7. The van der Waals surface area contributed by atoms with Crippen LogP contribution in [-0.4, -0.2) is 29.6 Å². The maximum atomic E-state index is 11.9. The number of hydrogen-bond donors (Lipinski definition) is 1. The van der Waals surface area contributed by atoms with Gasteiger partial charge in [0.05, 0.1) is 5.25 Å². The van der Waals surface area contributed by atoms with E-state index < -0.39 is 23.9 Å². The number of thioether (sulfide) groups is 1. The minimum atomic E-state index is -4.33. The van der Waals surface area contributed by atoms with Gasteiger partial charge in [-0.1, -0.05) is 12.8 Å². The van der Waals surface area contributed by atoms with Crippen molar-refractivity contribution in [3.63, 3.8) is 0 Å². The standard InChI is InChI=1S/C11H18F3NOS/c1-8(10(16)15-7-11(12,13)14)17-6-9-4-2-3-5-9/h8-9H,2-7H2,1H3,(H,15,16)/t8-/m0/s1. The predicted octanol–water partition coefficient (Wildman–Crippen LogP) is 2.98. The summed E-state index contributed by atoms with van der Waals surface area (Å²) in [5.74, 6) is 0.990. The molecule has 0 aliphatic heterocycles. The SMILES string of the molecule is C[C@H](SCC1CCCC1)C(=O)NCC(F)(F)F. The van der Waals surface area contributed by atoms with Crippen molar-refractivity contribution in [1.29, 1.82) is 0 Å². The van der Waals surface area contributed by atoms with Gasteiger partial charge in [-0.2, -0.15) is 13.2 Å². The summed E-state index contributed by atoms with van der Waals surface area (Å²) in [5.41, 5.74) is 0. The molecule has 0 spiro atoms. The summed E-state index contributed by atoms with van der Waals surface area (Å²) in [6.07, 6.45) is 0.513. The van der Waals surface area contributed by atoms with Crippen molar-refractivity contribution in [3.8, 4) is 0 Å². The molecule has 0 radical (unpaired) electrons. The Morgan fingerprint density at radius 1 is 1.41 bits per heavy atom. The minimum absolute atomic E-state index is 0.405. The summed E-state index contributed by atoms with van der Waals surface area (Å²) in [7, 11) is 0. The van der Waals surface area contributed by atoms with Gasteiger partial charge >= 0.3 is 6.18 Å². The summed E-state index contributed by atoms with van der Waals surface area (Å²) >= 11 is 1.45. The molecule has 1 rings (SSSR count). The van der Waals surface area contributed by atoms with Gasteiger partial charge in [0.1, 0.15) is 6.54 Å². The molecule has 1 aliphatic carbocycles. The first-order valence-electron chi connectivity index (χ1n) is 5.84. The van der Waals surface area contributed by atoms with Crippen LogP contribution in [0.15, 0.2) is 0 Å².